The Morgan fingerprint density at radius 3 is 2.11 bits per heavy atom. The second kappa shape index (κ2) is 11.9. The van der Waals surface area contributed by atoms with E-state index < -0.39 is 8.32 Å². The fraction of sp³-hybridized carbons (Fsp3) is 0.533. The van der Waals surface area contributed by atoms with Crippen LogP contribution in [0.3, 0.4) is 0 Å². The molecule has 0 saturated carbocycles. The molecule has 2 aromatic rings. The molecule has 3 N–H and O–H groups in total. The van der Waals surface area contributed by atoms with Gasteiger partial charge in [-0.3, -0.25) is 5.32 Å². The molecule has 35 heavy (non-hydrogen) atoms. The van der Waals surface area contributed by atoms with Gasteiger partial charge in [0.15, 0.2) is 8.32 Å². The van der Waals surface area contributed by atoms with E-state index >= 15 is 0 Å². The quantitative estimate of drug-likeness (QED) is 0.379. The van der Waals surface area contributed by atoms with Gasteiger partial charge in [-0.15, -0.1) is 6.42 Å². The Hall–Kier alpha value is -1.94. The number of aliphatic hydroxyl groups is 1. The Morgan fingerprint density at radius 2 is 1.54 bits per heavy atom. The smallest absolute Gasteiger partial charge is 0.192 e. The third kappa shape index (κ3) is 7.06. The van der Waals surface area contributed by atoms with Crippen molar-refractivity contribution in [1.29, 1.82) is 0 Å². The van der Waals surface area contributed by atoms with Crippen LogP contribution in [0.25, 0.3) is 0 Å². The Bertz CT molecular complexity index is 1010. The molecule has 4 nitrogen and oxygen atoms in total. The molecule has 190 valence electrons. The third-order valence-corrected chi connectivity index (χ3v) is 12.4. The number of aliphatic hydroxyl groups excluding tert-OH is 1. The second-order valence-electron chi connectivity index (χ2n) is 11.4. The molecular formula is C30H44N2O2Si. The largest absolute Gasteiger partial charge is 0.414 e. The number of rotatable bonds is 5. The van der Waals surface area contributed by atoms with Crippen LogP contribution in [0.4, 0.5) is 0 Å². The molecule has 4 atom stereocenters. The van der Waals surface area contributed by atoms with Crippen molar-refractivity contribution < 1.29 is 9.53 Å². The van der Waals surface area contributed by atoms with Crippen LogP contribution in [-0.4, -0.2) is 39.2 Å². The molecule has 0 spiro atoms. The average Bonchev–Trinajstić information content (AvgIpc) is 2.81. The number of nitrogens with one attached hydrogen (secondary N) is 2. The SMILES string of the molecule is C#CCNC1CC(O)Cc2ccccc21.CNC1CC(O[Si](C)(C)C(C)(C)C)Cc2ccccc21. The lowest BCUT2D eigenvalue weighted by Gasteiger charge is -2.42. The van der Waals surface area contributed by atoms with E-state index in [9.17, 15) is 5.11 Å². The van der Waals surface area contributed by atoms with E-state index in [0.717, 1.165) is 25.7 Å². The summed E-state index contributed by atoms with van der Waals surface area (Å²) in [7, 11) is 0.368. The minimum atomic E-state index is -1.68. The maximum Gasteiger partial charge on any atom is 0.192 e. The predicted molar refractivity (Wildman–Crippen MR) is 149 cm³/mol. The van der Waals surface area contributed by atoms with Crippen molar-refractivity contribution in [3.8, 4) is 12.3 Å². The summed E-state index contributed by atoms with van der Waals surface area (Å²) in [5, 5.41) is 16.7. The first-order chi connectivity index (χ1) is 16.6. The number of hydrogen-bond donors (Lipinski definition) is 3. The van der Waals surface area contributed by atoms with Gasteiger partial charge in [-0.2, -0.15) is 0 Å². The minimum Gasteiger partial charge on any atom is -0.414 e. The number of benzene rings is 2. The summed E-state index contributed by atoms with van der Waals surface area (Å²) in [6.07, 6.45) is 8.96. The lowest BCUT2D eigenvalue weighted by Crippen LogP contribution is -2.46. The molecule has 0 aromatic heterocycles. The monoisotopic (exact) mass is 492 g/mol. The fourth-order valence-electron chi connectivity index (χ4n) is 4.91. The highest BCUT2D eigenvalue weighted by atomic mass is 28.4. The molecule has 2 aliphatic carbocycles. The summed E-state index contributed by atoms with van der Waals surface area (Å²) >= 11 is 0. The Labute approximate surface area is 214 Å². The first-order valence-electron chi connectivity index (χ1n) is 12.9. The zero-order valence-corrected chi connectivity index (χ0v) is 23.4. The first-order valence-corrected chi connectivity index (χ1v) is 15.8. The van der Waals surface area contributed by atoms with Crippen molar-refractivity contribution in [3.05, 3.63) is 70.8 Å². The van der Waals surface area contributed by atoms with Gasteiger partial charge in [0, 0.05) is 12.1 Å². The Kier molecular flexibility index (Phi) is 9.37. The van der Waals surface area contributed by atoms with Gasteiger partial charge in [-0.05, 0) is 73.1 Å². The molecule has 0 amide bonds. The lowest BCUT2D eigenvalue weighted by atomic mass is 9.86. The zero-order valence-electron chi connectivity index (χ0n) is 22.4. The minimum absolute atomic E-state index is 0.195. The molecule has 5 heteroatoms. The Morgan fingerprint density at radius 1 is 0.971 bits per heavy atom. The highest BCUT2D eigenvalue weighted by Crippen LogP contribution is 2.40. The maximum atomic E-state index is 9.73. The van der Waals surface area contributed by atoms with E-state index in [1.165, 1.54) is 22.3 Å². The third-order valence-electron chi connectivity index (χ3n) is 7.84. The van der Waals surface area contributed by atoms with Crippen LogP contribution in [0.2, 0.25) is 18.1 Å². The normalized spacial score (nSPS) is 23.8. The Balaban J connectivity index is 0.000000203. The van der Waals surface area contributed by atoms with Crippen molar-refractivity contribution in [1.82, 2.24) is 10.6 Å². The molecule has 4 rings (SSSR count). The van der Waals surface area contributed by atoms with Gasteiger partial charge in [0.2, 0.25) is 0 Å². The molecule has 0 saturated heterocycles. The van der Waals surface area contributed by atoms with Crippen molar-refractivity contribution in [2.45, 2.75) is 88.9 Å². The van der Waals surface area contributed by atoms with E-state index in [1.807, 2.05) is 12.1 Å². The summed E-state index contributed by atoms with van der Waals surface area (Å²) in [5.41, 5.74) is 5.40. The van der Waals surface area contributed by atoms with Crippen LogP contribution < -0.4 is 10.6 Å². The zero-order chi connectivity index (χ0) is 25.6. The van der Waals surface area contributed by atoms with E-state index in [2.05, 4.69) is 93.9 Å². The molecule has 0 heterocycles. The number of hydrogen-bond acceptors (Lipinski definition) is 4. The predicted octanol–water partition coefficient (Wildman–Crippen LogP) is 5.54. The van der Waals surface area contributed by atoms with Crippen molar-refractivity contribution >= 4 is 8.32 Å². The first kappa shape index (κ1) is 27.6. The fourth-order valence-corrected chi connectivity index (χ4v) is 6.27. The molecule has 2 aliphatic rings. The molecular weight excluding hydrogens is 448 g/mol. The number of fused-ring (bicyclic) bond motifs is 2. The highest BCUT2D eigenvalue weighted by molar-refractivity contribution is 6.74. The molecule has 0 radical (unpaired) electrons. The van der Waals surface area contributed by atoms with Gasteiger partial charge >= 0.3 is 0 Å². The van der Waals surface area contributed by atoms with Gasteiger partial charge in [0.25, 0.3) is 0 Å². The topological polar surface area (TPSA) is 53.5 Å². The van der Waals surface area contributed by atoms with Gasteiger partial charge in [0.05, 0.1) is 18.8 Å². The van der Waals surface area contributed by atoms with Crippen LogP contribution in [0.5, 0.6) is 0 Å². The van der Waals surface area contributed by atoms with Crippen LogP contribution >= 0.6 is 0 Å². The van der Waals surface area contributed by atoms with Gasteiger partial charge < -0.3 is 14.8 Å². The summed E-state index contributed by atoms with van der Waals surface area (Å²) in [6, 6.07) is 17.6. The molecule has 0 fully saturated rings. The van der Waals surface area contributed by atoms with Crippen molar-refractivity contribution in [2.24, 2.45) is 0 Å². The summed E-state index contributed by atoms with van der Waals surface area (Å²) in [4.78, 5) is 0. The molecule has 4 unspecified atom stereocenters. The van der Waals surface area contributed by atoms with Gasteiger partial charge in [0.1, 0.15) is 0 Å². The van der Waals surface area contributed by atoms with E-state index in [0.29, 0.717) is 18.7 Å². The van der Waals surface area contributed by atoms with Crippen LogP contribution in [0, 0.1) is 12.3 Å². The van der Waals surface area contributed by atoms with E-state index in [4.69, 9.17) is 10.8 Å². The summed E-state index contributed by atoms with van der Waals surface area (Å²) in [5.74, 6) is 2.57. The van der Waals surface area contributed by atoms with Gasteiger partial charge in [-0.25, -0.2) is 0 Å². The van der Waals surface area contributed by atoms with E-state index in [1.54, 1.807) is 0 Å². The van der Waals surface area contributed by atoms with Crippen LogP contribution in [-0.2, 0) is 17.3 Å². The van der Waals surface area contributed by atoms with E-state index in [-0.39, 0.29) is 17.2 Å². The highest BCUT2D eigenvalue weighted by Gasteiger charge is 2.40. The second-order valence-corrected chi connectivity index (χ2v) is 16.2. The summed E-state index contributed by atoms with van der Waals surface area (Å²) < 4.78 is 6.63. The summed E-state index contributed by atoms with van der Waals surface area (Å²) in [6.45, 7) is 12.2. The number of terminal acetylenes is 1. The van der Waals surface area contributed by atoms with Crippen LogP contribution in [0.1, 0.15) is 68.0 Å². The maximum absolute atomic E-state index is 9.73. The average molecular weight is 493 g/mol. The standard InChI is InChI=1S/C17H29NOSi.C13H15NO/c1-17(2,3)20(5,6)19-14-11-13-9-7-8-10-15(13)16(12-14)18-4;1-2-7-14-13-9-11(15)8-10-5-3-4-6-12(10)13/h7-10,14,16,18H,11-12H2,1-6H3;1,3-6,11,13-15H,7-9H2. The van der Waals surface area contributed by atoms with Crippen molar-refractivity contribution in [3.63, 3.8) is 0 Å². The van der Waals surface area contributed by atoms with Crippen LogP contribution in [0.15, 0.2) is 48.5 Å². The molecule has 2 aromatic carbocycles. The lowest BCUT2D eigenvalue weighted by molar-refractivity contribution is 0.141. The molecule has 0 bridgehead atoms. The van der Waals surface area contributed by atoms with Gasteiger partial charge in [-0.1, -0.05) is 75.2 Å². The van der Waals surface area contributed by atoms with Crippen molar-refractivity contribution in [2.75, 3.05) is 13.6 Å². The molecule has 0 aliphatic heterocycles.